The third kappa shape index (κ3) is 5.00. The molecule has 3 aromatic carbocycles. The molecule has 4 rings (SSSR count). The average Bonchev–Trinajstić information content (AvgIpc) is 3.25. The zero-order valence-corrected chi connectivity index (χ0v) is 19.0. The second-order valence-corrected chi connectivity index (χ2v) is 8.04. The van der Waals surface area contributed by atoms with Gasteiger partial charge in [0.25, 0.3) is 0 Å². The fourth-order valence-electron chi connectivity index (χ4n) is 4.11. The zero-order valence-electron chi connectivity index (χ0n) is 19.0. The Labute approximate surface area is 193 Å². The summed E-state index contributed by atoms with van der Waals surface area (Å²) in [5, 5.41) is 2.96. The summed E-state index contributed by atoms with van der Waals surface area (Å²) in [6.07, 6.45) is 0.807. The molecule has 0 fully saturated rings. The Bertz CT molecular complexity index is 1190. The van der Waals surface area contributed by atoms with Gasteiger partial charge in [-0.3, -0.25) is 9.59 Å². The molecule has 0 saturated heterocycles. The first kappa shape index (κ1) is 22.4. The summed E-state index contributed by atoms with van der Waals surface area (Å²) in [6, 6.07) is 19.0. The first-order valence-corrected chi connectivity index (χ1v) is 10.9. The zero-order chi connectivity index (χ0) is 23.4. The number of nitrogens with one attached hydrogen (secondary N) is 1. The molecular formula is C27H27NO5. The molecule has 0 radical (unpaired) electrons. The van der Waals surface area contributed by atoms with Crippen molar-refractivity contribution >= 4 is 11.7 Å². The van der Waals surface area contributed by atoms with Gasteiger partial charge in [0, 0.05) is 12.0 Å². The molecule has 6 heteroatoms. The van der Waals surface area contributed by atoms with Crippen LogP contribution in [0.3, 0.4) is 0 Å². The van der Waals surface area contributed by atoms with Crippen LogP contribution in [0.25, 0.3) is 11.1 Å². The summed E-state index contributed by atoms with van der Waals surface area (Å²) in [5.41, 5.74) is 4.52. The Hall–Kier alpha value is -3.80. The van der Waals surface area contributed by atoms with Crippen LogP contribution < -0.4 is 19.5 Å². The van der Waals surface area contributed by atoms with Crippen molar-refractivity contribution in [3.05, 3.63) is 77.4 Å². The topological polar surface area (TPSA) is 73.9 Å². The predicted molar refractivity (Wildman–Crippen MR) is 126 cm³/mol. The maximum Gasteiger partial charge on any atom is 0.224 e. The van der Waals surface area contributed by atoms with E-state index in [9.17, 15) is 9.59 Å². The van der Waals surface area contributed by atoms with Crippen molar-refractivity contribution in [3.8, 4) is 28.4 Å². The smallest absolute Gasteiger partial charge is 0.224 e. The number of fused-ring (bicyclic) bond motifs is 1. The highest BCUT2D eigenvalue weighted by atomic mass is 16.5. The van der Waals surface area contributed by atoms with Crippen LogP contribution in [0.15, 0.2) is 60.7 Å². The molecule has 1 N–H and O–H groups in total. The SMILES string of the molecule is COc1ccc(CC(=O)NC[C@@H]2Cc3cc(-c4ccccc4C(C)=O)ccc3O2)cc1OC. The second-order valence-electron chi connectivity index (χ2n) is 8.04. The highest BCUT2D eigenvalue weighted by Gasteiger charge is 2.24. The van der Waals surface area contributed by atoms with E-state index in [1.807, 2.05) is 42.5 Å². The van der Waals surface area contributed by atoms with Gasteiger partial charge in [0.15, 0.2) is 17.3 Å². The van der Waals surface area contributed by atoms with Gasteiger partial charge in [-0.15, -0.1) is 0 Å². The van der Waals surface area contributed by atoms with E-state index in [1.165, 1.54) is 0 Å². The van der Waals surface area contributed by atoms with Crippen molar-refractivity contribution in [2.45, 2.75) is 25.9 Å². The molecule has 0 aliphatic carbocycles. The van der Waals surface area contributed by atoms with E-state index >= 15 is 0 Å². The molecular weight excluding hydrogens is 418 g/mol. The number of methoxy groups -OCH3 is 2. The molecule has 1 heterocycles. The van der Waals surface area contributed by atoms with E-state index in [2.05, 4.69) is 11.4 Å². The highest BCUT2D eigenvalue weighted by molar-refractivity contribution is 6.00. The lowest BCUT2D eigenvalue weighted by molar-refractivity contribution is -0.120. The molecule has 0 saturated carbocycles. The molecule has 1 aliphatic rings. The van der Waals surface area contributed by atoms with Gasteiger partial charge < -0.3 is 19.5 Å². The van der Waals surface area contributed by atoms with Gasteiger partial charge in [0.2, 0.25) is 5.91 Å². The van der Waals surface area contributed by atoms with Crippen LogP contribution in [0.4, 0.5) is 0 Å². The van der Waals surface area contributed by atoms with Crippen molar-refractivity contribution in [1.29, 1.82) is 0 Å². The summed E-state index contributed by atoms with van der Waals surface area (Å²) < 4.78 is 16.6. The van der Waals surface area contributed by atoms with Gasteiger partial charge in [-0.2, -0.15) is 0 Å². The number of ether oxygens (including phenoxy) is 3. The van der Waals surface area contributed by atoms with Gasteiger partial charge in [0.1, 0.15) is 11.9 Å². The van der Waals surface area contributed by atoms with Gasteiger partial charge in [-0.05, 0) is 53.4 Å². The number of benzene rings is 3. The lowest BCUT2D eigenvalue weighted by Crippen LogP contribution is -2.35. The van der Waals surface area contributed by atoms with Crippen molar-refractivity contribution in [1.82, 2.24) is 5.32 Å². The van der Waals surface area contributed by atoms with Gasteiger partial charge in [-0.1, -0.05) is 36.4 Å². The number of hydrogen-bond acceptors (Lipinski definition) is 5. The molecule has 0 spiro atoms. The first-order valence-electron chi connectivity index (χ1n) is 10.9. The third-order valence-corrected chi connectivity index (χ3v) is 5.76. The number of Topliss-reactive ketones (excluding diaryl/α,β-unsaturated/α-hetero) is 1. The maximum atomic E-state index is 12.5. The predicted octanol–water partition coefficient (Wildman–Crippen LogP) is 4.24. The van der Waals surface area contributed by atoms with Crippen molar-refractivity contribution in [2.24, 2.45) is 0 Å². The normalized spacial score (nSPS) is 14.2. The van der Waals surface area contributed by atoms with Crippen LogP contribution in [0.5, 0.6) is 17.2 Å². The Balaban J connectivity index is 1.37. The van der Waals surface area contributed by atoms with Crippen LogP contribution in [-0.4, -0.2) is 38.6 Å². The van der Waals surface area contributed by atoms with E-state index < -0.39 is 0 Å². The lowest BCUT2D eigenvalue weighted by Gasteiger charge is -2.13. The molecule has 0 bridgehead atoms. The molecule has 0 aromatic heterocycles. The number of ketones is 1. The van der Waals surface area contributed by atoms with Crippen molar-refractivity contribution in [2.75, 3.05) is 20.8 Å². The molecule has 1 atom stereocenters. The number of carbonyl (C=O) groups is 2. The van der Waals surface area contributed by atoms with Crippen LogP contribution in [0.2, 0.25) is 0 Å². The molecule has 33 heavy (non-hydrogen) atoms. The minimum atomic E-state index is -0.132. The molecule has 6 nitrogen and oxygen atoms in total. The second kappa shape index (κ2) is 9.77. The number of rotatable bonds is 8. The molecule has 170 valence electrons. The third-order valence-electron chi connectivity index (χ3n) is 5.76. The first-order chi connectivity index (χ1) is 16.0. The summed E-state index contributed by atoms with van der Waals surface area (Å²) in [4.78, 5) is 24.5. The monoisotopic (exact) mass is 445 g/mol. The average molecular weight is 446 g/mol. The maximum absolute atomic E-state index is 12.5. The fraction of sp³-hybridized carbons (Fsp3) is 0.259. The van der Waals surface area contributed by atoms with Crippen LogP contribution in [-0.2, 0) is 17.6 Å². The summed E-state index contributed by atoms with van der Waals surface area (Å²) in [7, 11) is 3.15. The van der Waals surface area contributed by atoms with Crippen LogP contribution >= 0.6 is 0 Å². The number of hydrogen-bond donors (Lipinski definition) is 1. The van der Waals surface area contributed by atoms with E-state index in [1.54, 1.807) is 33.3 Å². The van der Waals surface area contributed by atoms with E-state index in [4.69, 9.17) is 14.2 Å². The van der Waals surface area contributed by atoms with Crippen LogP contribution in [0, 0.1) is 0 Å². The summed E-state index contributed by atoms with van der Waals surface area (Å²) >= 11 is 0. The molecule has 1 amide bonds. The summed E-state index contributed by atoms with van der Waals surface area (Å²) in [5.74, 6) is 2.00. The van der Waals surface area contributed by atoms with Crippen molar-refractivity contribution in [3.63, 3.8) is 0 Å². The molecule has 1 aliphatic heterocycles. The van der Waals surface area contributed by atoms with Gasteiger partial charge >= 0.3 is 0 Å². The Morgan fingerprint density at radius 1 is 1.00 bits per heavy atom. The standard InChI is InChI=1S/C27H27NO5/c1-17(29)22-6-4-5-7-23(22)19-9-11-24-20(14-19)15-21(33-24)16-28-27(30)13-18-8-10-25(31-2)26(12-18)32-3/h4-12,14,21H,13,15-16H2,1-3H3,(H,28,30)/t21-/m0/s1. The van der Waals surface area contributed by atoms with Gasteiger partial charge in [0.05, 0.1) is 27.2 Å². The molecule has 0 unspecified atom stereocenters. The minimum absolute atomic E-state index is 0.0393. The summed E-state index contributed by atoms with van der Waals surface area (Å²) in [6.45, 7) is 2.00. The van der Waals surface area contributed by atoms with E-state index in [0.29, 0.717) is 30.0 Å². The Kier molecular flexibility index (Phi) is 6.63. The number of amides is 1. The Morgan fingerprint density at radius 3 is 2.55 bits per heavy atom. The largest absolute Gasteiger partial charge is 0.493 e. The van der Waals surface area contributed by atoms with Crippen LogP contribution in [0.1, 0.15) is 28.4 Å². The Morgan fingerprint density at radius 2 is 1.79 bits per heavy atom. The van der Waals surface area contributed by atoms with Gasteiger partial charge in [-0.25, -0.2) is 0 Å². The lowest BCUT2D eigenvalue weighted by atomic mass is 9.95. The van der Waals surface area contributed by atoms with E-state index in [-0.39, 0.29) is 24.2 Å². The highest BCUT2D eigenvalue weighted by Crippen LogP contribution is 2.34. The minimum Gasteiger partial charge on any atom is -0.493 e. The fourth-order valence-corrected chi connectivity index (χ4v) is 4.11. The quantitative estimate of drug-likeness (QED) is 0.525. The molecule has 3 aromatic rings. The number of carbonyl (C=O) groups excluding carboxylic acids is 2. The van der Waals surface area contributed by atoms with E-state index in [0.717, 1.165) is 28.0 Å². The van der Waals surface area contributed by atoms with Crippen molar-refractivity contribution < 1.29 is 23.8 Å².